The Kier molecular flexibility index (Phi) is 3.01. The predicted molar refractivity (Wildman–Crippen MR) is 78.9 cm³/mol. The van der Waals surface area contributed by atoms with Gasteiger partial charge < -0.3 is 11.1 Å². The molecule has 2 amide bonds. The van der Waals surface area contributed by atoms with Crippen molar-refractivity contribution in [2.75, 3.05) is 5.32 Å². The Morgan fingerprint density at radius 3 is 2.76 bits per heavy atom. The van der Waals surface area contributed by atoms with E-state index in [9.17, 15) is 9.59 Å². The Hall–Kier alpha value is -2.63. The van der Waals surface area contributed by atoms with Crippen LogP contribution in [0.4, 0.5) is 5.69 Å². The largest absolute Gasteiger partial charge is 0.364 e. The zero-order valence-corrected chi connectivity index (χ0v) is 11.9. The number of rotatable bonds is 2. The van der Waals surface area contributed by atoms with Crippen LogP contribution in [0.3, 0.4) is 0 Å². The maximum atomic E-state index is 11.5. The summed E-state index contributed by atoms with van der Waals surface area (Å²) in [5.74, 6) is -0.623. The number of aryl methyl sites for hydroxylation is 2. The van der Waals surface area contributed by atoms with Gasteiger partial charge in [0.15, 0.2) is 5.69 Å². The molecule has 0 radical (unpaired) electrons. The molecule has 1 aliphatic carbocycles. The van der Waals surface area contributed by atoms with Crippen LogP contribution in [0.15, 0.2) is 18.2 Å². The summed E-state index contributed by atoms with van der Waals surface area (Å²) in [4.78, 5) is 22.7. The first-order valence-corrected chi connectivity index (χ1v) is 6.74. The Labute approximate surface area is 121 Å². The number of amides is 2. The summed E-state index contributed by atoms with van der Waals surface area (Å²) in [7, 11) is 1.80. The molecular weight excluding hydrogens is 268 g/mol. The van der Waals surface area contributed by atoms with Crippen LogP contribution < -0.4 is 11.1 Å². The van der Waals surface area contributed by atoms with E-state index in [-0.39, 0.29) is 5.91 Å². The summed E-state index contributed by atoms with van der Waals surface area (Å²) in [5, 5.41) is 7.01. The molecule has 1 heterocycles. The second-order valence-electron chi connectivity index (χ2n) is 5.22. The lowest BCUT2D eigenvalue weighted by Crippen LogP contribution is -2.15. The lowest BCUT2D eigenvalue weighted by Gasteiger charge is -2.18. The third-order valence-corrected chi connectivity index (χ3v) is 3.71. The lowest BCUT2D eigenvalue weighted by molar-refractivity contribution is -0.114. The SMILES string of the molecule is CC(=O)Nc1ccc2c(c1)-c1c(c(C(N)=O)nn1C)CC2. The smallest absolute Gasteiger partial charge is 0.269 e. The molecular formula is C15H16N4O2. The number of carbonyl (C=O) groups is 2. The molecule has 0 saturated heterocycles. The van der Waals surface area contributed by atoms with Crippen LogP contribution in [0, 0.1) is 0 Å². The second-order valence-corrected chi connectivity index (χ2v) is 5.22. The molecule has 0 spiro atoms. The van der Waals surface area contributed by atoms with Crippen LogP contribution in [-0.4, -0.2) is 21.6 Å². The number of primary amides is 1. The van der Waals surface area contributed by atoms with Crippen molar-refractivity contribution in [3.8, 4) is 11.3 Å². The number of anilines is 1. The van der Waals surface area contributed by atoms with Gasteiger partial charge in [-0.3, -0.25) is 14.3 Å². The van der Waals surface area contributed by atoms with Crippen LogP contribution in [0.1, 0.15) is 28.5 Å². The number of nitrogens with one attached hydrogen (secondary N) is 1. The highest BCUT2D eigenvalue weighted by molar-refractivity contribution is 5.95. The number of aromatic nitrogens is 2. The van der Waals surface area contributed by atoms with E-state index < -0.39 is 5.91 Å². The van der Waals surface area contributed by atoms with Gasteiger partial charge in [-0.2, -0.15) is 5.10 Å². The minimum atomic E-state index is -0.506. The average Bonchev–Trinajstić information content (AvgIpc) is 2.76. The van der Waals surface area contributed by atoms with E-state index in [1.807, 2.05) is 18.2 Å². The summed E-state index contributed by atoms with van der Waals surface area (Å²) >= 11 is 0. The van der Waals surface area contributed by atoms with Gasteiger partial charge in [0.1, 0.15) is 0 Å². The van der Waals surface area contributed by atoms with E-state index in [0.29, 0.717) is 5.69 Å². The van der Waals surface area contributed by atoms with Crippen molar-refractivity contribution in [3.05, 3.63) is 35.0 Å². The van der Waals surface area contributed by atoms with Gasteiger partial charge in [0.25, 0.3) is 5.91 Å². The minimum Gasteiger partial charge on any atom is -0.364 e. The molecule has 0 unspecified atom stereocenters. The summed E-state index contributed by atoms with van der Waals surface area (Å²) in [5.41, 5.74) is 10.4. The number of nitrogens with two attached hydrogens (primary N) is 1. The van der Waals surface area contributed by atoms with Crippen LogP contribution >= 0.6 is 0 Å². The Bertz CT molecular complexity index is 761. The van der Waals surface area contributed by atoms with E-state index in [1.165, 1.54) is 12.5 Å². The zero-order chi connectivity index (χ0) is 15.1. The number of hydrogen-bond acceptors (Lipinski definition) is 3. The topological polar surface area (TPSA) is 90.0 Å². The van der Waals surface area contributed by atoms with Crippen LogP contribution in [0.5, 0.6) is 0 Å². The van der Waals surface area contributed by atoms with Crippen molar-refractivity contribution < 1.29 is 9.59 Å². The van der Waals surface area contributed by atoms with Gasteiger partial charge in [-0.25, -0.2) is 0 Å². The molecule has 3 N–H and O–H groups in total. The number of fused-ring (bicyclic) bond motifs is 3. The average molecular weight is 284 g/mol. The van der Waals surface area contributed by atoms with Crippen molar-refractivity contribution in [2.24, 2.45) is 12.8 Å². The van der Waals surface area contributed by atoms with E-state index in [1.54, 1.807) is 11.7 Å². The number of carbonyl (C=O) groups excluding carboxylic acids is 2. The molecule has 1 aromatic heterocycles. The maximum Gasteiger partial charge on any atom is 0.269 e. The lowest BCUT2D eigenvalue weighted by atomic mass is 9.88. The van der Waals surface area contributed by atoms with Gasteiger partial charge in [-0.05, 0) is 30.5 Å². The van der Waals surface area contributed by atoms with Crippen LogP contribution in [0.25, 0.3) is 11.3 Å². The number of nitrogens with zero attached hydrogens (tertiary/aromatic N) is 2. The summed E-state index contributed by atoms with van der Waals surface area (Å²) in [6, 6.07) is 5.80. The van der Waals surface area contributed by atoms with Gasteiger partial charge in [0.2, 0.25) is 5.91 Å². The third-order valence-electron chi connectivity index (χ3n) is 3.71. The number of benzene rings is 1. The molecule has 0 bridgehead atoms. The van der Waals surface area contributed by atoms with Gasteiger partial charge in [0, 0.05) is 30.8 Å². The molecule has 0 atom stereocenters. The molecule has 0 aliphatic heterocycles. The van der Waals surface area contributed by atoms with E-state index in [2.05, 4.69) is 10.4 Å². The van der Waals surface area contributed by atoms with Gasteiger partial charge in [-0.1, -0.05) is 6.07 Å². The summed E-state index contributed by atoms with van der Waals surface area (Å²) < 4.78 is 1.69. The van der Waals surface area contributed by atoms with Crippen molar-refractivity contribution in [1.29, 1.82) is 0 Å². The van der Waals surface area contributed by atoms with E-state index >= 15 is 0 Å². The molecule has 6 heteroatoms. The van der Waals surface area contributed by atoms with Crippen LogP contribution in [-0.2, 0) is 24.7 Å². The second kappa shape index (κ2) is 4.73. The first kappa shape index (κ1) is 13.4. The number of hydrogen-bond donors (Lipinski definition) is 2. The quantitative estimate of drug-likeness (QED) is 0.869. The molecule has 1 aromatic carbocycles. The zero-order valence-electron chi connectivity index (χ0n) is 11.9. The molecule has 1 aliphatic rings. The Morgan fingerprint density at radius 2 is 2.10 bits per heavy atom. The highest BCUT2D eigenvalue weighted by Gasteiger charge is 2.26. The highest BCUT2D eigenvalue weighted by atomic mass is 16.1. The van der Waals surface area contributed by atoms with Gasteiger partial charge in [-0.15, -0.1) is 0 Å². The van der Waals surface area contributed by atoms with Crippen molar-refractivity contribution in [2.45, 2.75) is 19.8 Å². The fourth-order valence-corrected chi connectivity index (χ4v) is 2.90. The fraction of sp³-hybridized carbons (Fsp3) is 0.267. The molecule has 0 saturated carbocycles. The van der Waals surface area contributed by atoms with E-state index in [0.717, 1.165) is 35.3 Å². The van der Waals surface area contributed by atoms with Gasteiger partial charge >= 0.3 is 0 Å². The fourth-order valence-electron chi connectivity index (χ4n) is 2.90. The first-order valence-electron chi connectivity index (χ1n) is 6.74. The molecule has 6 nitrogen and oxygen atoms in total. The Morgan fingerprint density at radius 1 is 1.33 bits per heavy atom. The summed E-state index contributed by atoms with van der Waals surface area (Å²) in [6.07, 6.45) is 1.57. The first-order chi connectivity index (χ1) is 9.97. The molecule has 2 aromatic rings. The minimum absolute atomic E-state index is 0.117. The molecule has 0 fully saturated rings. The molecule has 108 valence electrons. The van der Waals surface area contributed by atoms with Gasteiger partial charge in [0.05, 0.1) is 5.69 Å². The molecule has 21 heavy (non-hydrogen) atoms. The standard InChI is InChI=1S/C15H16N4O2/c1-8(20)17-10-5-3-9-4-6-11-13(15(16)21)18-19(2)14(11)12(9)7-10/h3,5,7H,4,6H2,1-2H3,(H2,16,21)(H,17,20). The third kappa shape index (κ3) is 2.18. The maximum absolute atomic E-state index is 11.5. The summed E-state index contributed by atoms with van der Waals surface area (Å²) in [6.45, 7) is 1.47. The Balaban J connectivity index is 2.17. The predicted octanol–water partition coefficient (Wildman–Crippen LogP) is 1.24. The van der Waals surface area contributed by atoms with Crippen molar-refractivity contribution >= 4 is 17.5 Å². The van der Waals surface area contributed by atoms with Crippen LogP contribution in [0.2, 0.25) is 0 Å². The monoisotopic (exact) mass is 284 g/mol. The van der Waals surface area contributed by atoms with Crippen molar-refractivity contribution in [1.82, 2.24) is 9.78 Å². The van der Waals surface area contributed by atoms with E-state index in [4.69, 9.17) is 5.73 Å². The molecule has 3 rings (SSSR count). The normalized spacial score (nSPS) is 12.5. The van der Waals surface area contributed by atoms with Crippen molar-refractivity contribution in [3.63, 3.8) is 0 Å². The highest BCUT2D eigenvalue weighted by Crippen LogP contribution is 2.36.